The van der Waals surface area contributed by atoms with Crippen LogP contribution in [0.25, 0.3) is 0 Å². The Morgan fingerprint density at radius 3 is 2.76 bits per heavy atom. The third-order valence-electron chi connectivity index (χ3n) is 4.73. The maximum atomic E-state index is 13.0. The van der Waals surface area contributed by atoms with Crippen LogP contribution in [0.5, 0.6) is 0 Å². The van der Waals surface area contributed by atoms with E-state index in [1.807, 2.05) is 12.1 Å². The molecule has 1 N–H and O–H groups in total. The highest BCUT2D eigenvalue weighted by Crippen LogP contribution is 2.36. The first-order valence-electron chi connectivity index (χ1n) is 7.60. The maximum Gasteiger partial charge on any atom is 0.254 e. The Morgan fingerprint density at radius 1 is 1.29 bits per heavy atom. The van der Waals surface area contributed by atoms with Crippen molar-refractivity contribution in [1.29, 1.82) is 0 Å². The van der Waals surface area contributed by atoms with Gasteiger partial charge in [0, 0.05) is 29.7 Å². The zero-order chi connectivity index (χ0) is 14.9. The van der Waals surface area contributed by atoms with Crippen molar-refractivity contribution in [3.63, 3.8) is 0 Å². The van der Waals surface area contributed by atoms with E-state index in [2.05, 4.69) is 26.1 Å². The van der Waals surface area contributed by atoms with Crippen molar-refractivity contribution >= 4 is 33.4 Å². The van der Waals surface area contributed by atoms with Crippen LogP contribution in [0.15, 0.2) is 22.7 Å². The van der Waals surface area contributed by atoms with Crippen molar-refractivity contribution in [2.75, 3.05) is 19.6 Å². The number of benzene rings is 1. The largest absolute Gasteiger partial charge is 0.330 e. The topological polar surface area (TPSA) is 32.3 Å². The molecule has 1 aliphatic carbocycles. The minimum absolute atomic E-state index is 0.00708. The molecule has 5 heteroatoms. The molecule has 1 saturated heterocycles. The van der Waals surface area contributed by atoms with Crippen LogP contribution >= 0.6 is 27.5 Å². The highest BCUT2D eigenvalue weighted by Gasteiger charge is 2.42. The molecule has 3 nitrogen and oxygen atoms in total. The van der Waals surface area contributed by atoms with E-state index in [-0.39, 0.29) is 11.4 Å². The summed E-state index contributed by atoms with van der Waals surface area (Å²) < 4.78 is 0.827. The van der Waals surface area contributed by atoms with E-state index in [9.17, 15) is 4.79 Å². The van der Waals surface area contributed by atoms with Gasteiger partial charge in [0.25, 0.3) is 5.91 Å². The Morgan fingerprint density at radius 2 is 2.05 bits per heavy atom. The van der Waals surface area contributed by atoms with Gasteiger partial charge in [0.15, 0.2) is 0 Å². The van der Waals surface area contributed by atoms with Crippen molar-refractivity contribution in [3.8, 4) is 0 Å². The number of carbonyl (C=O) groups excluding carboxylic acids is 1. The molecule has 0 aromatic heterocycles. The second-order valence-electron chi connectivity index (χ2n) is 6.05. The van der Waals surface area contributed by atoms with Crippen LogP contribution in [0.3, 0.4) is 0 Å². The maximum absolute atomic E-state index is 13.0. The molecular formula is C16H20BrClN2O. The Hall–Kier alpha value is -0.580. The van der Waals surface area contributed by atoms with Gasteiger partial charge in [-0.2, -0.15) is 0 Å². The standard InChI is InChI=1S/C16H20BrClN2O/c17-13-5-4-12(10-14(13)18)15(21)20-9-8-19-11-16(20)6-2-1-3-7-16/h4-5,10,19H,1-3,6-9,11H2. The lowest BCUT2D eigenvalue weighted by atomic mass is 9.78. The fraction of sp³-hybridized carbons (Fsp3) is 0.562. The molecule has 1 amide bonds. The average Bonchev–Trinajstić information content (AvgIpc) is 2.51. The van der Waals surface area contributed by atoms with E-state index < -0.39 is 0 Å². The summed E-state index contributed by atoms with van der Waals surface area (Å²) in [5.41, 5.74) is 0.697. The lowest BCUT2D eigenvalue weighted by Gasteiger charge is -2.49. The predicted octanol–water partition coefficient (Wildman–Crippen LogP) is 3.85. The van der Waals surface area contributed by atoms with Crippen molar-refractivity contribution in [2.45, 2.75) is 37.6 Å². The predicted molar refractivity (Wildman–Crippen MR) is 88.9 cm³/mol. The number of nitrogens with zero attached hydrogens (tertiary/aromatic N) is 1. The van der Waals surface area contributed by atoms with Crippen LogP contribution in [0.4, 0.5) is 0 Å². The summed E-state index contributed by atoms with van der Waals surface area (Å²) in [5.74, 6) is 0.118. The molecule has 2 aliphatic rings. The number of piperazine rings is 1. The Labute approximate surface area is 139 Å². The Balaban J connectivity index is 1.88. The minimum Gasteiger partial charge on any atom is -0.330 e. The van der Waals surface area contributed by atoms with Gasteiger partial charge < -0.3 is 10.2 Å². The molecule has 1 aliphatic heterocycles. The van der Waals surface area contributed by atoms with Gasteiger partial charge in [0.1, 0.15) is 0 Å². The normalized spacial score (nSPS) is 21.5. The molecule has 1 spiro atoms. The number of halogens is 2. The lowest BCUT2D eigenvalue weighted by molar-refractivity contribution is 0.0222. The molecule has 0 radical (unpaired) electrons. The van der Waals surface area contributed by atoms with Gasteiger partial charge in [-0.3, -0.25) is 4.79 Å². The van der Waals surface area contributed by atoms with E-state index in [0.29, 0.717) is 10.6 Å². The van der Waals surface area contributed by atoms with Gasteiger partial charge in [-0.25, -0.2) is 0 Å². The summed E-state index contributed by atoms with van der Waals surface area (Å²) in [5, 5.41) is 4.07. The van der Waals surface area contributed by atoms with E-state index in [4.69, 9.17) is 11.6 Å². The van der Waals surface area contributed by atoms with Crippen molar-refractivity contribution < 1.29 is 4.79 Å². The Bertz CT molecular complexity index is 535. The molecule has 21 heavy (non-hydrogen) atoms. The summed E-state index contributed by atoms with van der Waals surface area (Å²) in [6.45, 7) is 2.58. The SMILES string of the molecule is O=C(c1ccc(Br)c(Cl)c1)N1CCNCC12CCCCC2. The number of carbonyl (C=O) groups is 1. The quantitative estimate of drug-likeness (QED) is 0.813. The van der Waals surface area contributed by atoms with Gasteiger partial charge in [-0.05, 0) is 47.0 Å². The van der Waals surface area contributed by atoms with Gasteiger partial charge in [0.2, 0.25) is 0 Å². The average molecular weight is 372 g/mol. The van der Waals surface area contributed by atoms with Crippen LogP contribution < -0.4 is 5.32 Å². The molecule has 0 bridgehead atoms. The van der Waals surface area contributed by atoms with Crippen molar-refractivity contribution in [3.05, 3.63) is 33.3 Å². The number of amides is 1. The Kier molecular flexibility index (Phi) is 4.57. The van der Waals surface area contributed by atoms with Crippen molar-refractivity contribution in [1.82, 2.24) is 10.2 Å². The first-order valence-corrected chi connectivity index (χ1v) is 8.77. The number of rotatable bonds is 1. The highest BCUT2D eigenvalue weighted by molar-refractivity contribution is 9.10. The number of hydrogen-bond donors (Lipinski definition) is 1. The third-order valence-corrected chi connectivity index (χ3v) is 5.97. The summed E-state index contributed by atoms with van der Waals surface area (Å²) >= 11 is 9.52. The van der Waals surface area contributed by atoms with Crippen LogP contribution in [-0.4, -0.2) is 36.0 Å². The molecule has 0 atom stereocenters. The molecular weight excluding hydrogens is 352 g/mol. The smallest absolute Gasteiger partial charge is 0.254 e. The second-order valence-corrected chi connectivity index (χ2v) is 7.31. The first-order chi connectivity index (χ1) is 10.1. The van der Waals surface area contributed by atoms with E-state index >= 15 is 0 Å². The van der Waals surface area contributed by atoms with E-state index in [1.54, 1.807) is 6.07 Å². The van der Waals surface area contributed by atoms with Crippen LogP contribution in [0.2, 0.25) is 5.02 Å². The minimum atomic E-state index is 0.00708. The molecule has 1 aromatic carbocycles. The van der Waals surface area contributed by atoms with E-state index in [0.717, 1.165) is 36.9 Å². The van der Waals surface area contributed by atoms with Crippen LogP contribution in [0, 0.1) is 0 Å². The van der Waals surface area contributed by atoms with Crippen LogP contribution in [-0.2, 0) is 0 Å². The van der Waals surface area contributed by atoms with Gasteiger partial charge >= 0.3 is 0 Å². The molecule has 3 rings (SSSR count). The summed E-state index contributed by atoms with van der Waals surface area (Å²) in [6, 6.07) is 5.48. The number of nitrogens with one attached hydrogen (secondary N) is 1. The fourth-order valence-electron chi connectivity index (χ4n) is 3.60. The zero-order valence-electron chi connectivity index (χ0n) is 12.0. The summed E-state index contributed by atoms with van der Waals surface area (Å²) in [7, 11) is 0. The van der Waals surface area contributed by atoms with Crippen LogP contribution in [0.1, 0.15) is 42.5 Å². The highest BCUT2D eigenvalue weighted by atomic mass is 79.9. The molecule has 2 fully saturated rings. The molecule has 114 valence electrons. The van der Waals surface area contributed by atoms with Gasteiger partial charge in [0.05, 0.1) is 10.6 Å². The second kappa shape index (κ2) is 6.27. The first kappa shape index (κ1) is 15.3. The summed E-state index contributed by atoms with van der Waals surface area (Å²) in [4.78, 5) is 15.1. The molecule has 0 unspecified atom stereocenters. The van der Waals surface area contributed by atoms with Gasteiger partial charge in [-0.1, -0.05) is 30.9 Å². The van der Waals surface area contributed by atoms with E-state index in [1.165, 1.54) is 19.3 Å². The monoisotopic (exact) mass is 370 g/mol. The van der Waals surface area contributed by atoms with Crippen molar-refractivity contribution in [2.24, 2.45) is 0 Å². The molecule has 1 heterocycles. The summed E-state index contributed by atoms with van der Waals surface area (Å²) in [6.07, 6.45) is 5.93. The van der Waals surface area contributed by atoms with Gasteiger partial charge in [-0.15, -0.1) is 0 Å². The zero-order valence-corrected chi connectivity index (χ0v) is 14.3. The third kappa shape index (κ3) is 2.99. The molecule has 1 saturated carbocycles. The fourth-order valence-corrected chi connectivity index (χ4v) is 4.03. The number of hydrogen-bond acceptors (Lipinski definition) is 2. The lowest BCUT2D eigenvalue weighted by Crippen LogP contribution is -2.63. The molecule has 1 aromatic rings.